The highest BCUT2D eigenvalue weighted by Gasteiger charge is 2.31. The number of ketones is 1. The summed E-state index contributed by atoms with van der Waals surface area (Å²) in [5.74, 6) is -0.452. The van der Waals surface area contributed by atoms with E-state index in [1.54, 1.807) is 0 Å². The molecule has 0 amide bonds. The minimum absolute atomic E-state index is 0.0122. The van der Waals surface area contributed by atoms with Crippen LogP contribution in [0, 0.1) is 19.8 Å². The quantitative estimate of drug-likeness (QED) is 0.498. The molecular formula is C12H12O2. The second-order valence-corrected chi connectivity index (χ2v) is 3.92. The predicted octanol–water partition coefficient (Wildman–Crippen LogP) is 1.86. The van der Waals surface area contributed by atoms with Crippen molar-refractivity contribution in [3.63, 3.8) is 0 Å². The third-order valence-electron chi connectivity index (χ3n) is 2.81. The van der Waals surface area contributed by atoms with E-state index in [9.17, 15) is 9.59 Å². The van der Waals surface area contributed by atoms with Gasteiger partial charge in [0.1, 0.15) is 6.29 Å². The monoisotopic (exact) mass is 188 g/mol. The molecule has 1 atom stereocenters. The van der Waals surface area contributed by atoms with Gasteiger partial charge in [-0.25, -0.2) is 0 Å². The Morgan fingerprint density at radius 1 is 1.36 bits per heavy atom. The third-order valence-corrected chi connectivity index (χ3v) is 2.81. The van der Waals surface area contributed by atoms with Gasteiger partial charge in [-0.15, -0.1) is 0 Å². The summed E-state index contributed by atoms with van der Waals surface area (Å²) in [7, 11) is 0. The average Bonchev–Trinajstić information content (AvgIpc) is 2.44. The Bertz CT molecular complexity index is 419. The van der Waals surface area contributed by atoms with E-state index in [1.165, 1.54) is 0 Å². The first-order valence-corrected chi connectivity index (χ1v) is 4.73. The molecule has 0 radical (unpaired) electrons. The van der Waals surface area contributed by atoms with Gasteiger partial charge in [0.05, 0.1) is 5.92 Å². The molecule has 2 heteroatoms. The summed E-state index contributed by atoms with van der Waals surface area (Å²) < 4.78 is 0. The number of benzene rings is 1. The van der Waals surface area contributed by atoms with Crippen molar-refractivity contribution < 1.29 is 9.59 Å². The van der Waals surface area contributed by atoms with E-state index in [0.29, 0.717) is 6.42 Å². The van der Waals surface area contributed by atoms with Gasteiger partial charge in [0.25, 0.3) is 0 Å². The van der Waals surface area contributed by atoms with E-state index in [-0.39, 0.29) is 5.78 Å². The molecule has 0 spiro atoms. The van der Waals surface area contributed by atoms with Crippen LogP contribution in [0.2, 0.25) is 0 Å². The second-order valence-electron chi connectivity index (χ2n) is 3.92. The first-order valence-electron chi connectivity index (χ1n) is 4.73. The van der Waals surface area contributed by atoms with Crippen molar-refractivity contribution in [2.45, 2.75) is 20.3 Å². The zero-order valence-corrected chi connectivity index (χ0v) is 8.33. The molecule has 2 nitrogen and oxygen atoms in total. The molecule has 0 bridgehead atoms. The fraction of sp³-hybridized carbons (Fsp3) is 0.333. The van der Waals surface area contributed by atoms with Crippen LogP contribution >= 0.6 is 0 Å². The molecule has 1 aliphatic carbocycles. The number of aldehydes is 1. The van der Waals surface area contributed by atoms with Crippen LogP contribution in [0.1, 0.15) is 27.0 Å². The van der Waals surface area contributed by atoms with Crippen LogP contribution in [0.5, 0.6) is 0 Å². The Kier molecular flexibility index (Phi) is 1.99. The highest BCUT2D eigenvalue weighted by Crippen LogP contribution is 2.29. The number of hydrogen-bond acceptors (Lipinski definition) is 2. The second kappa shape index (κ2) is 3.05. The Morgan fingerprint density at radius 3 is 2.71 bits per heavy atom. The Labute approximate surface area is 82.9 Å². The fourth-order valence-corrected chi connectivity index (χ4v) is 2.11. The van der Waals surface area contributed by atoms with Crippen LogP contribution in [-0.2, 0) is 11.2 Å². The molecular weight excluding hydrogens is 176 g/mol. The molecule has 72 valence electrons. The van der Waals surface area contributed by atoms with Gasteiger partial charge >= 0.3 is 0 Å². The number of Topliss-reactive ketones (excluding diaryl/α,β-unsaturated/α-hetero) is 1. The lowest BCUT2D eigenvalue weighted by molar-refractivity contribution is -0.109. The van der Waals surface area contributed by atoms with E-state index in [1.807, 2.05) is 19.9 Å². The lowest BCUT2D eigenvalue weighted by Crippen LogP contribution is -2.09. The van der Waals surface area contributed by atoms with Gasteiger partial charge in [0.15, 0.2) is 5.78 Å². The molecule has 0 N–H and O–H groups in total. The minimum Gasteiger partial charge on any atom is -0.303 e. The van der Waals surface area contributed by atoms with E-state index in [0.717, 1.165) is 28.5 Å². The van der Waals surface area contributed by atoms with Crippen molar-refractivity contribution in [2.75, 3.05) is 0 Å². The summed E-state index contributed by atoms with van der Waals surface area (Å²) in [5.41, 5.74) is 4.01. The lowest BCUT2D eigenvalue weighted by Gasteiger charge is -2.03. The predicted molar refractivity (Wildman–Crippen MR) is 53.5 cm³/mol. The molecule has 0 heterocycles. The van der Waals surface area contributed by atoms with Gasteiger partial charge in [0.2, 0.25) is 0 Å². The van der Waals surface area contributed by atoms with E-state index >= 15 is 0 Å². The molecule has 0 aliphatic heterocycles. The Hall–Kier alpha value is -1.44. The van der Waals surface area contributed by atoms with Crippen LogP contribution in [-0.4, -0.2) is 12.1 Å². The number of carbonyl (C=O) groups is 2. The van der Waals surface area contributed by atoms with E-state index in [4.69, 9.17) is 0 Å². The number of carbonyl (C=O) groups excluding carboxylic acids is 2. The van der Waals surface area contributed by atoms with Gasteiger partial charge < -0.3 is 4.79 Å². The summed E-state index contributed by atoms with van der Waals surface area (Å²) in [4.78, 5) is 22.4. The van der Waals surface area contributed by atoms with Gasteiger partial charge in [-0.2, -0.15) is 0 Å². The molecule has 1 aliphatic rings. The van der Waals surface area contributed by atoms with E-state index in [2.05, 4.69) is 6.07 Å². The van der Waals surface area contributed by atoms with Crippen molar-refractivity contribution in [3.05, 3.63) is 34.4 Å². The summed E-state index contributed by atoms with van der Waals surface area (Å²) in [6, 6.07) is 3.94. The summed E-state index contributed by atoms with van der Waals surface area (Å²) in [5, 5.41) is 0. The molecule has 14 heavy (non-hydrogen) atoms. The van der Waals surface area contributed by atoms with Crippen LogP contribution < -0.4 is 0 Å². The Morgan fingerprint density at radius 2 is 2.07 bits per heavy atom. The number of rotatable bonds is 1. The number of fused-ring (bicyclic) bond motifs is 1. The lowest BCUT2D eigenvalue weighted by atomic mass is 10.0. The number of hydrogen-bond donors (Lipinski definition) is 0. The zero-order valence-electron chi connectivity index (χ0n) is 8.33. The summed E-state index contributed by atoms with van der Waals surface area (Å²) in [6.45, 7) is 3.96. The largest absolute Gasteiger partial charge is 0.303 e. The Balaban J connectivity index is 2.59. The van der Waals surface area contributed by atoms with Crippen LogP contribution in [0.3, 0.4) is 0 Å². The van der Waals surface area contributed by atoms with Crippen molar-refractivity contribution >= 4 is 12.1 Å². The molecule has 0 saturated carbocycles. The maximum absolute atomic E-state index is 11.7. The zero-order chi connectivity index (χ0) is 10.3. The van der Waals surface area contributed by atoms with Crippen molar-refractivity contribution in [3.8, 4) is 0 Å². The molecule has 1 unspecified atom stereocenters. The molecule has 0 saturated heterocycles. The summed E-state index contributed by atoms with van der Waals surface area (Å²) >= 11 is 0. The SMILES string of the molecule is Cc1cc(C)c2c(c1)C(=O)C(C=O)C2. The third kappa shape index (κ3) is 1.18. The first kappa shape index (κ1) is 9.13. The maximum atomic E-state index is 11.7. The van der Waals surface area contributed by atoms with Crippen molar-refractivity contribution in [2.24, 2.45) is 5.92 Å². The first-order chi connectivity index (χ1) is 6.63. The molecule has 2 rings (SSSR count). The standard InChI is InChI=1S/C12H12O2/c1-7-3-8(2)10-5-9(6-13)12(14)11(10)4-7/h3-4,6,9H,5H2,1-2H3. The fourth-order valence-electron chi connectivity index (χ4n) is 2.11. The van der Waals surface area contributed by atoms with E-state index < -0.39 is 5.92 Å². The minimum atomic E-state index is -0.439. The normalized spacial score (nSPS) is 19.6. The molecule has 0 aromatic heterocycles. The summed E-state index contributed by atoms with van der Waals surface area (Å²) in [6.07, 6.45) is 1.35. The smallest absolute Gasteiger partial charge is 0.173 e. The highest BCUT2D eigenvalue weighted by molar-refractivity contribution is 6.09. The van der Waals surface area contributed by atoms with Crippen LogP contribution in [0.15, 0.2) is 12.1 Å². The van der Waals surface area contributed by atoms with Gasteiger partial charge in [0, 0.05) is 5.56 Å². The molecule has 1 aromatic carbocycles. The van der Waals surface area contributed by atoms with Crippen LogP contribution in [0.4, 0.5) is 0 Å². The maximum Gasteiger partial charge on any atom is 0.173 e. The molecule has 0 fully saturated rings. The highest BCUT2D eigenvalue weighted by atomic mass is 16.1. The number of aryl methyl sites for hydroxylation is 2. The topological polar surface area (TPSA) is 34.1 Å². The van der Waals surface area contributed by atoms with Crippen molar-refractivity contribution in [1.29, 1.82) is 0 Å². The van der Waals surface area contributed by atoms with Gasteiger partial charge in [-0.1, -0.05) is 11.6 Å². The van der Waals surface area contributed by atoms with Crippen molar-refractivity contribution in [1.82, 2.24) is 0 Å². The van der Waals surface area contributed by atoms with Crippen LogP contribution in [0.25, 0.3) is 0 Å². The van der Waals surface area contributed by atoms with Gasteiger partial charge in [-0.05, 0) is 37.5 Å². The average molecular weight is 188 g/mol. The van der Waals surface area contributed by atoms with Gasteiger partial charge in [-0.3, -0.25) is 4.79 Å². The molecule has 1 aromatic rings.